The third-order valence-corrected chi connectivity index (χ3v) is 3.94. The molecule has 0 aliphatic heterocycles. The lowest BCUT2D eigenvalue weighted by molar-refractivity contribution is -0.384. The van der Waals surface area contributed by atoms with Crippen LogP contribution in [0.25, 0.3) is 0 Å². The van der Waals surface area contributed by atoms with Crippen LogP contribution >= 0.6 is 11.8 Å². The van der Waals surface area contributed by atoms with Crippen LogP contribution in [0.2, 0.25) is 0 Å². The second kappa shape index (κ2) is 7.35. The second-order valence-corrected chi connectivity index (χ2v) is 5.49. The van der Waals surface area contributed by atoms with Crippen molar-refractivity contribution in [1.82, 2.24) is 4.90 Å². The first-order chi connectivity index (χ1) is 8.99. The van der Waals surface area contributed by atoms with E-state index in [0.29, 0.717) is 11.7 Å². The summed E-state index contributed by atoms with van der Waals surface area (Å²) in [7, 11) is 3.77. The first-order valence-electron chi connectivity index (χ1n) is 6.13. The monoisotopic (exact) mass is 283 g/mol. The summed E-state index contributed by atoms with van der Waals surface area (Å²) in [6.45, 7) is 2.97. The fraction of sp³-hybridized carbons (Fsp3) is 0.538. The Morgan fingerprint density at radius 3 is 2.74 bits per heavy atom. The van der Waals surface area contributed by atoms with Crippen molar-refractivity contribution in [2.75, 3.05) is 31.4 Å². The molecule has 0 bridgehead atoms. The second-order valence-electron chi connectivity index (χ2n) is 4.58. The quantitative estimate of drug-likeness (QED) is 0.616. The maximum atomic E-state index is 10.9. The van der Waals surface area contributed by atoms with Gasteiger partial charge in [-0.25, -0.2) is 0 Å². The molecule has 6 heteroatoms. The lowest BCUT2D eigenvalue weighted by Crippen LogP contribution is -2.30. The summed E-state index contributed by atoms with van der Waals surface area (Å²) in [5.74, 6) is 1.07. The van der Waals surface area contributed by atoms with Crippen molar-refractivity contribution in [2.45, 2.75) is 19.5 Å². The van der Waals surface area contributed by atoms with E-state index in [1.54, 1.807) is 13.1 Å². The molecule has 1 N–H and O–H groups in total. The highest BCUT2D eigenvalue weighted by molar-refractivity contribution is 7.98. The number of nitro benzene ring substituents is 1. The molecule has 1 aromatic rings. The highest BCUT2D eigenvalue weighted by Crippen LogP contribution is 2.25. The number of hydrogen-bond acceptors (Lipinski definition) is 5. The van der Waals surface area contributed by atoms with E-state index in [4.69, 9.17) is 0 Å². The number of nitro groups is 1. The topological polar surface area (TPSA) is 58.4 Å². The molecular formula is C13H21N3O2S. The molecule has 0 heterocycles. The van der Waals surface area contributed by atoms with Crippen LogP contribution in [0.4, 0.5) is 11.4 Å². The molecule has 0 saturated carbocycles. The molecule has 0 fully saturated rings. The number of nitrogens with zero attached hydrogens (tertiary/aromatic N) is 2. The fourth-order valence-electron chi connectivity index (χ4n) is 1.85. The molecule has 0 radical (unpaired) electrons. The van der Waals surface area contributed by atoms with Crippen molar-refractivity contribution in [3.05, 3.63) is 33.9 Å². The van der Waals surface area contributed by atoms with Gasteiger partial charge in [0.1, 0.15) is 5.69 Å². The normalized spacial score (nSPS) is 12.5. The van der Waals surface area contributed by atoms with Crippen LogP contribution in [-0.4, -0.2) is 42.0 Å². The van der Waals surface area contributed by atoms with Crippen LogP contribution in [0.1, 0.15) is 12.5 Å². The van der Waals surface area contributed by atoms with Gasteiger partial charge in [0, 0.05) is 31.5 Å². The molecule has 0 amide bonds. The van der Waals surface area contributed by atoms with Crippen LogP contribution in [-0.2, 0) is 6.54 Å². The van der Waals surface area contributed by atoms with Crippen LogP contribution in [0.3, 0.4) is 0 Å². The molecule has 0 saturated heterocycles. The molecule has 1 aromatic carbocycles. The molecule has 1 rings (SSSR count). The zero-order valence-corrected chi connectivity index (χ0v) is 12.7. The molecule has 5 nitrogen and oxygen atoms in total. The molecular weight excluding hydrogens is 262 g/mol. The van der Waals surface area contributed by atoms with Gasteiger partial charge in [-0.05, 0) is 31.9 Å². The average Bonchev–Trinajstić information content (AvgIpc) is 2.38. The summed E-state index contributed by atoms with van der Waals surface area (Å²) in [6.07, 6.45) is 2.09. The van der Waals surface area contributed by atoms with Crippen LogP contribution in [0.15, 0.2) is 18.2 Å². The van der Waals surface area contributed by atoms with Gasteiger partial charge in [-0.3, -0.25) is 15.0 Å². The third-order valence-electron chi connectivity index (χ3n) is 3.12. The molecule has 0 aliphatic carbocycles. The zero-order chi connectivity index (χ0) is 14.4. The Hall–Kier alpha value is -1.27. The molecule has 19 heavy (non-hydrogen) atoms. The van der Waals surface area contributed by atoms with Gasteiger partial charge < -0.3 is 5.32 Å². The minimum atomic E-state index is -0.365. The highest BCUT2D eigenvalue weighted by atomic mass is 32.2. The minimum absolute atomic E-state index is 0.117. The number of nitrogens with one attached hydrogen (secondary N) is 1. The van der Waals surface area contributed by atoms with Crippen molar-refractivity contribution < 1.29 is 4.92 Å². The molecule has 1 atom stereocenters. The Morgan fingerprint density at radius 1 is 1.53 bits per heavy atom. The summed E-state index contributed by atoms with van der Waals surface area (Å²) in [4.78, 5) is 12.7. The van der Waals surface area contributed by atoms with Gasteiger partial charge >= 0.3 is 0 Å². The maximum Gasteiger partial charge on any atom is 0.292 e. The standard InChI is InChI=1S/C13H21N3O2S/c1-10(9-19-4)15(3)8-11-5-6-13(16(17)18)12(7-11)14-2/h5-7,10,14H,8-9H2,1-4H3. The number of benzene rings is 1. The smallest absolute Gasteiger partial charge is 0.292 e. The maximum absolute atomic E-state index is 10.9. The zero-order valence-electron chi connectivity index (χ0n) is 11.8. The van der Waals surface area contributed by atoms with E-state index in [1.165, 1.54) is 0 Å². The molecule has 0 spiro atoms. The summed E-state index contributed by atoms with van der Waals surface area (Å²) in [6, 6.07) is 5.71. The van der Waals surface area contributed by atoms with Crippen LogP contribution in [0, 0.1) is 10.1 Å². The largest absolute Gasteiger partial charge is 0.383 e. The average molecular weight is 283 g/mol. The van der Waals surface area contributed by atoms with Gasteiger partial charge in [-0.15, -0.1) is 0 Å². The van der Waals surface area contributed by atoms with Crippen molar-refractivity contribution in [3.63, 3.8) is 0 Å². The van der Waals surface area contributed by atoms with Crippen molar-refractivity contribution in [1.29, 1.82) is 0 Å². The summed E-state index contributed by atoms with van der Waals surface area (Å²) in [5.41, 5.74) is 1.75. The predicted molar refractivity (Wildman–Crippen MR) is 82.0 cm³/mol. The van der Waals surface area contributed by atoms with Gasteiger partial charge in [0.05, 0.1) is 4.92 Å². The summed E-state index contributed by atoms with van der Waals surface area (Å²) in [5, 5.41) is 13.7. The Kier molecular flexibility index (Phi) is 6.11. The van der Waals surface area contributed by atoms with Crippen molar-refractivity contribution >= 4 is 23.1 Å². The van der Waals surface area contributed by atoms with E-state index in [9.17, 15) is 10.1 Å². The Morgan fingerprint density at radius 2 is 2.21 bits per heavy atom. The van der Waals surface area contributed by atoms with E-state index < -0.39 is 0 Å². The lowest BCUT2D eigenvalue weighted by atomic mass is 10.1. The summed E-state index contributed by atoms with van der Waals surface area (Å²) < 4.78 is 0. The van der Waals surface area contributed by atoms with Gasteiger partial charge in [-0.2, -0.15) is 11.8 Å². The van der Waals surface area contributed by atoms with E-state index >= 15 is 0 Å². The van der Waals surface area contributed by atoms with Crippen molar-refractivity contribution in [3.8, 4) is 0 Å². The number of thioether (sulfide) groups is 1. The van der Waals surface area contributed by atoms with Gasteiger partial charge in [0.25, 0.3) is 5.69 Å². The van der Waals surface area contributed by atoms with Gasteiger partial charge in [0.15, 0.2) is 0 Å². The highest BCUT2D eigenvalue weighted by Gasteiger charge is 2.14. The molecule has 106 valence electrons. The van der Waals surface area contributed by atoms with Gasteiger partial charge in [0.2, 0.25) is 0 Å². The number of hydrogen-bond donors (Lipinski definition) is 1. The first-order valence-corrected chi connectivity index (χ1v) is 7.53. The Bertz CT molecular complexity index is 440. The van der Waals surface area contributed by atoms with E-state index in [2.05, 4.69) is 30.4 Å². The predicted octanol–water partition coefficient (Wildman–Crippen LogP) is 2.82. The van der Waals surface area contributed by atoms with Gasteiger partial charge in [-0.1, -0.05) is 6.07 Å². The number of anilines is 1. The Balaban J connectivity index is 2.82. The third kappa shape index (κ3) is 4.40. The van der Waals surface area contributed by atoms with E-state index in [-0.39, 0.29) is 10.6 Å². The first kappa shape index (κ1) is 15.8. The van der Waals surface area contributed by atoms with E-state index in [1.807, 2.05) is 23.9 Å². The number of rotatable bonds is 7. The van der Waals surface area contributed by atoms with Crippen LogP contribution in [0.5, 0.6) is 0 Å². The lowest BCUT2D eigenvalue weighted by Gasteiger charge is -2.24. The summed E-state index contributed by atoms with van der Waals surface area (Å²) >= 11 is 1.82. The minimum Gasteiger partial charge on any atom is -0.383 e. The Labute approximate surface area is 118 Å². The van der Waals surface area contributed by atoms with Crippen molar-refractivity contribution in [2.24, 2.45) is 0 Å². The molecule has 0 aliphatic rings. The molecule has 0 aromatic heterocycles. The SMILES string of the molecule is CNc1cc(CN(C)C(C)CSC)ccc1[N+](=O)[O-]. The fourth-order valence-corrected chi connectivity index (χ4v) is 2.59. The van der Waals surface area contributed by atoms with E-state index in [0.717, 1.165) is 17.9 Å². The van der Waals surface area contributed by atoms with Crippen LogP contribution < -0.4 is 5.32 Å². The molecule has 1 unspecified atom stereocenters.